The summed E-state index contributed by atoms with van der Waals surface area (Å²) < 4.78 is 5.08. The predicted octanol–water partition coefficient (Wildman–Crippen LogP) is 3.57. The molecule has 3 amide bonds. The van der Waals surface area contributed by atoms with Crippen LogP contribution in [0.25, 0.3) is 6.08 Å². The van der Waals surface area contributed by atoms with Gasteiger partial charge in [0.2, 0.25) is 0 Å². The second-order valence-electron chi connectivity index (χ2n) is 4.96. The number of nitrogens with zero attached hydrogens (tertiary/aromatic N) is 1. The molecule has 0 spiro atoms. The third-order valence-corrected chi connectivity index (χ3v) is 4.30. The van der Waals surface area contributed by atoms with Crippen molar-refractivity contribution in [2.24, 2.45) is 0 Å². The smallest absolute Gasteiger partial charge is 0.300 e. The molecule has 2 aromatic rings. The lowest BCUT2D eigenvalue weighted by atomic mass is 10.2. The van der Waals surface area contributed by atoms with Crippen molar-refractivity contribution in [2.75, 3.05) is 7.11 Å². The number of benzene rings is 2. The second kappa shape index (κ2) is 6.72. The quantitative estimate of drug-likeness (QED) is 0.632. The number of carbonyl (C=O) groups excluding carboxylic acids is 3. The summed E-state index contributed by atoms with van der Waals surface area (Å²) in [5.41, 5.74) is 1.04. The van der Waals surface area contributed by atoms with E-state index in [2.05, 4.69) is 0 Å². The molecule has 24 heavy (non-hydrogen) atoms. The lowest BCUT2D eigenvalue weighted by Gasteiger charge is -2.10. The van der Waals surface area contributed by atoms with Crippen LogP contribution >= 0.6 is 11.8 Å². The molecule has 0 aliphatic carbocycles. The molecule has 1 saturated heterocycles. The number of hydrogen-bond acceptors (Lipinski definition) is 5. The standard InChI is InChI=1S/C18H13NO4S/c1-23-14-9-7-12(8-10-14)11-15-17(21)19(18(22)24-15)16(20)13-5-3-2-4-6-13/h2-11H,1H3. The molecular weight excluding hydrogens is 326 g/mol. The van der Waals surface area contributed by atoms with E-state index in [0.717, 1.165) is 17.3 Å². The number of methoxy groups -OCH3 is 1. The van der Waals surface area contributed by atoms with Gasteiger partial charge in [0.1, 0.15) is 5.75 Å². The number of thioether (sulfide) groups is 1. The van der Waals surface area contributed by atoms with Crippen molar-refractivity contribution in [1.82, 2.24) is 4.90 Å². The Bertz CT molecular complexity index is 828. The molecule has 5 nitrogen and oxygen atoms in total. The van der Waals surface area contributed by atoms with Gasteiger partial charge in [-0.05, 0) is 47.7 Å². The Hall–Kier alpha value is -2.86. The molecule has 0 atom stereocenters. The summed E-state index contributed by atoms with van der Waals surface area (Å²) in [5.74, 6) is -0.523. The highest BCUT2D eigenvalue weighted by atomic mass is 32.2. The van der Waals surface area contributed by atoms with E-state index in [1.54, 1.807) is 67.8 Å². The second-order valence-corrected chi connectivity index (χ2v) is 5.95. The average molecular weight is 339 g/mol. The van der Waals surface area contributed by atoms with Gasteiger partial charge >= 0.3 is 5.24 Å². The zero-order valence-electron chi connectivity index (χ0n) is 12.8. The third-order valence-electron chi connectivity index (χ3n) is 3.43. The molecule has 0 N–H and O–H groups in total. The van der Waals surface area contributed by atoms with Gasteiger partial charge in [0.05, 0.1) is 12.0 Å². The van der Waals surface area contributed by atoms with E-state index < -0.39 is 17.1 Å². The molecule has 1 aliphatic heterocycles. The van der Waals surface area contributed by atoms with Crippen molar-refractivity contribution in [2.45, 2.75) is 0 Å². The van der Waals surface area contributed by atoms with E-state index >= 15 is 0 Å². The summed E-state index contributed by atoms with van der Waals surface area (Å²) >= 11 is 0.756. The molecule has 1 fully saturated rings. The third kappa shape index (κ3) is 3.09. The molecule has 0 saturated carbocycles. The number of imide groups is 3. The molecule has 0 aromatic heterocycles. The molecule has 0 radical (unpaired) electrons. The monoisotopic (exact) mass is 339 g/mol. The molecule has 0 unspecified atom stereocenters. The number of carbonyl (C=O) groups is 3. The van der Waals surface area contributed by atoms with Gasteiger partial charge in [-0.15, -0.1) is 0 Å². The van der Waals surface area contributed by atoms with Crippen molar-refractivity contribution in [3.8, 4) is 5.75 Å². The van der Waals surface area contributed by atoms with Crippen LogP contribution in [0.15, 0.2) is 59.5 Å². The van der Waals surface area contributed by atoms with E-state index in [0.29, 0.717) is 16.2 Å². The Morgan fingerprint density at radius 3 is 2.33 bits per heavy atom. The van der Waals surface area contributed by atoms with Gasteiger partial charge in [-0.3, -0.25) is 14.4 Å². The molecule has 120 valence electrons. The first-order valence-electron chi connectivity index (χ1n) is 7.11. The maximum atomic E-state index is 12.4. The van der Waals surface area contributed by atoms with E-state index in [9.17, 15) is 14.4 Å². The van der Waals surface area contributed by atoms with Crippen LogP contribution in [0.2, 0.25) is 0 Å². The fraction of sp³-hybridized carbons (Fsp3) is 0.0556. The molecule has 6 heteroatoms. The van der Waals surface area contributed by atoms with Gasteiger partial charge in [-0.25, -0.2) is 4.90 Å². The highest BCUT2D eigenvalue weighted by molar-refractivity contribution is 8.18. The molecule has 1 heterocycles. The minimum atomic E-state index is -0.615. The minimum absolute atomic E-state index is 0.217. The fourth-order valence-corrected chi connectivity index (χ4v) is 3.02. The van der Waals surface area contributed by atoms with Crippen molar-refractivity contribution >= 4 is 34.9 Å². The zero-order valence-corrected chi connectivity index (χ0v) is 13.6. The van der Waals surface area contributed by atoms with Crippen LogP contribution in [0, 0.1) is 0 Å². The van der Waals surface area contributed by atoms with Gasteiger partial charge in [-0.1, -0.05) is 30.3 Å². The van der Waals surface area contributed by atoms with Crippen LogP contribution in [0.5, 0.6) is 5.75 Å². The number of amides is 3. The first-order valence-corrected chi connectivity index (χ1v) is 7.93. The Kier molecular flexibility index (Phi) is 4.48. The van der Waals surface area contributed by atoms with Crippen molar-refractivity contribution in [3.63, 3.8) is 0 Å². The summed E-state index contributed by atoms with van der Waals surface area (Å²) in [6.07, 6.45) is 1.59. The van der Waals surface area contributed by atoms with Crippen molar-refractivity contribution in [1.29, 1.82) is 0 Å². The molecule has 1 aliphatic rings. The lowest BCUT2D eigenvalue weighted by molar-refractivity contribution is -0.120. The summed E-state index contributed by atoms with van der Waals surface area (Å²) in [5, 5.41) is -0.589. The minimum Gasteiger partial charge on any atom is -0.497 e. The first-order chi connectivity index (χ1) is 11.6. The normalized spacial score (nSPS) is 15.9. The van der Waals surface area contributed by atoms with E-state index in [-0.39, 0.29) is 4.91 Å². The molecule has 3 rings (SSSR count). The Labute approximate surface area is 142 Å². The summed E-state index contributed by atoms with van der Waals surface area (Å²) in [4.78, 5) is 37.8. The zero-order chi connectivity index (χ0) is 17.1. The highest BCUT2D eigenvalue weighted by Crippen LogP contribution is 2.33. The predicted molar refractivity (Wildman–Crippen MR) is 91.6 cm³/mol. The number of ether oxygens (including phenoxy) is 1. The van der Waals surface area contributed by atoms with E-state index in [1.807, 2.05) is 0 Å². The molecule has 0 bridgehead atoms. The molecular formula is C18H13NO4S. The summed E-state index contributed by atoms with van der Waals surface area (Å²) in [6.45, 7) is 0. The highest BCUT2D eigenvalue weighted by Gasteiger charge is 2.40. The Morgan fingerprint density at radius 2 is 1.71 bits per heavy atom. The van der Waals surface area contributed by atoms with Crippen LogP contribution in [0.4, 0.5) is 4.79 Å². The van der Waals surface area contributed by atoms with Gasteiger partial charge in [0.25, 0.3) is 11.8 Å². The average Bonchev–Trinajstić information content (AvgIpc) is 2.89. The van der Waals surface area contributed by atoms with Gasteiger partial charge in [0.15, 0.2) is 0 Å². The lowest BCUT2D eigenvalue weighted by Crippen LogP contribution is -2.34. The first kappa shape index (κ1) is 16.0. The fourth-order valence-electron chi connectivity index (χ4n) is 2.20. The van der Waals surface area contributed by atoms with E-state index in [1.165, 1.54) is 0 Å². The maximum Gasteiger partial charge on any atom is 0.300 e. The van der Waals surface area contributed by atoms with Crippen LogP contribution in [0.1, 0.15) is 15.9 Å². The van der Waals surface area contributed by atoms with Crippen LogP contribution < -0.4 is 4.74 Å². The topological polar surface area (TPSA) is 63.7 Å². The van der Waals surface area contributed by atoms with Crippen LogP contribution in [-0.2, 0) is 4.79 Å². The summed E-state index contributed by atoms with van der Waals surface area (Å²) in [7, 11) is 1.57. The van der Waals surface area contributed by atoms with Gasteiger partial charge < -0.3 is 4.74 Å². The van der Waals surface area contributed by atoms with E-state index in [4.69, 9.17) is 4.74 Å². The maximum absolute atomic E-state index is 12.4. The largest absolute Gasteiger partial charge is 0.497 e. The van der Waals surface area contributed by atoms with Crippen molar-refractivity contribution < 1.29 is 19.1 Å². The number of rotatable bonds is 3. The van der Waals surface area contributed by atoms with Gasteiger partial charge in [0, 0.05) is 5.56 Å². The Morgan fingerprint density at radius 1 is 1.04 bits per heavy atom. The van der Waals surface area contributed by atoms with Gasteiger partial charge in [-0.2, -0.15) is 0 Å². The SMILES string of the molecule is COc1ccc(C=C2SC(=O)N(C(=O)c3ccccc3)C2=O)cc1. The van der Waals surface area contributed by atoms with Crippen LogP contribution in [-0.4, -0.2) is 29.1 Å². The van der Waals surface area contributed by atoms with Crippen LogP contribution in [0.3, 0.4) is 0 Å². The number of hydrogen-bond donors (Lipinski definition) is 0. The summed E-state index contributed by atoms with van der Waals surface area (Å²) in [6, 6.07) is 15.3. The van der Waals surface area contributed by atoms with Crippen molar-refractivity contribution in [3.05, 3.63) is 70.6 Å². The molecule has 2 aromatic carbocycles. The Balaban J connectivity index is 1.85.